The number of nitrogens with zero attached hydrogens (tertiary/aromatic N) is 1. The second-order valence-corrected chi connectivity index (χ2v) is 4.28. The molecule has 5 nitrogen and oxygen atoms in total. The first kappa shape index (κ1) is 12.4. The molecule has 0 aliphatic carbocycles. The number of ether oxygens (including phenoxy) is 1. The first-order valence-corrected chi connectivity index (χ1v) is 5.63. The van der Waals surface area contributed by atoms with Crippen LogP contribution in [0.3, 0.4) is 0 Å². The van der Waals surface area contributed by atoms with Crippen molar-refractivity contribution in [1.29, 1.82) is 0 Å². The molecule has 18 heavy (non-hydrogen) atoms. The van der Waals surface area contributed by atoms with Gasteiger partial charge in [0.25, 0.3) is 0 Å². The van der Waals surface area contributed by atoms with Crippen LogP contribution in [0, 0.1) is 0 Å². The van der Waals surface area contributed by atoms with Gasteiger partial charge < -0.3 is 20.1 Å². The molecule has 0 amide bonds. The van der Waals surface area contributed by atoms with Crippen LogP contribution < -0.4 is 10.5 Å². The van der Waals surface area contributed by atoms with Crippen molar-refractivity contribution >= 4 is 16.9 Å². The number of aromatic nitrogens is 1. The molecule has 0 bridgehead atoms. The van der Waals surface area contributed by atoms with Crippen molar-refractivity contribution in [1.82, 2.24) is 4.57 Å². The van der Waals surface area contributed by atoms with Crippen molar-refractivity contribution in [3.63, 3.8) is 0 Å². The number of hydrogen-bond acceptors (Lipinski definition) is 3. The Morgan fingerprint density at radius 1 is 1.56 bits per heavy atom. The highest BCUT2D eigenvalue weighted by atomic mass is 16.5. The fourth-order valence-corrected chi connectivity index (χ4v) is 2.08. The van der Waals surface area contributed by atoms with E-state index in [1.54, 1.807) is 7.11 Å². The van der Waals surface area contributed by atoms with Gasteiger partial charge in [0.1, 0.15) is 5.75 Å². The van der Waals surface area contributed by atoms with Crippen LogP contribution in [0.25, 0.3) is 10.9 Å². The second-order valence-electron chi connectivity index (χ2n) is 4.28. The molecular formula is C13H16N2O3. The second kappa shape index (κ2) is 4.70. The number of hydrogen-bond donors (Lipinski definition) is 2. The predicted octanol–water partition coefficient (Wildman–Crippen LogP) is 1.66. The van der Waals surface area contributed by atoms with Gasteiger partial charge in [0.15, 0.2) is 0 Å². The highest BCUT2D eigenvalue weighted by Crippen LogP contribution is 2.31. The van der Waals surface area contributed by atoms with Crippen molar-refractivity contribution in [2.45, 2.75) is 12.5 Å². The molecule has 0 aliphatic rings. The van der Waals surface area contributed by atoms with E-state index in [0.29, 0.717) is 11.3 Å². The largest absolute Gasteiger partial charge is 0.496 e. The standard InChI is InChI=1S/C13H16N2O3/c1-15-4-3-8-5-12(18-2)9(6-11(8)15)10(14)7-13(16)17/h3-6,10H,7,14H2,1-2H3,(H,16,17). The lowest BCUT2D eigenvalue weighted by molar-refractivity contribution is -0.137. The van der Waals surface area contributed by atoms with Gasteiger partial charge in [-0.1, -0.05) is 0 Å². The minimum Gasteiger partial charge on any atom is -0.496 e. The zero-order chi connectivity index (χ0) is 13.3. The van der Waals surface area contributed by atoms with Gasteiger partial charge in [-0.05, 0) is 18.2 Å². The maximum absolute atomic E-state index is 10.7. The fourth-order valence-electron chi connectivity index (χ4n) is 2.08. The number of carboxylic acid groups (broad SMARTS) is 1. The number of rotatable bonds is 4. The van der Waals surface area contributed by atoms with E-state index in [4.69, 9.17) is 15.6 Å². The third kappa shape index (κ3) is 2.17. The summed E-state index contributed by atoms with van der Waals surface area (Å²) in [4.78, 5) is 10.7. The van der Waals surface area contributed by atoms with Crippen LogP contribution in [0.2, 0.25) is 0 Å². The predicted molar refractivity (Wildman–Crippen MR) is 68.7 cm³/mol. The zero-order valence-electron chi connectivity index (χ0n) is 10.4. The van der Waals surface area contributed by atoms with Crippen LogP contribution >= 0.6 is 0 Å². The lowest BCUT2D eigenvalue weighted by atomic mass is 10.0. The van der Waals surface area contributed by atoms with E-state index in [2.05, 4.69) is 0 Å². The Balaban J connectivity index is 2.52. The lowest BCUT2D eigenvalue weighted by Crippen LogP contribution is -2.16. The van der Waals surface area contributed by atoms with Crippen LogP contribution in [0.5, 0.6) is 5.75 Å². The Hall–Kier alpha value is -2.01. The normalized spacial score (nSPS) is 12.6. The number of methoxy groups -OCH3 is 1. The van der Waals surface area contributed by atoms with E-state index in [1.807, 2.05) is 36.0 Å². The Morgan fingerprint density at radius 2 is 2.28 bits per heavy atom. The summed E-state index contributed by atoms with van der Waals surface area (Å²) in [7, 11) is 3.49. The molecule has 1 unspecified atom stereocenters. The van der Waals surface area contributed by atoms with Gasteiger partial charge in [-0.15, -0.1) is 0 Å². The molecule has 0 radical (unpaired) electrons. The Kier molecular flexibility index (Phi) is 3.25. The summed E-state index contributed by atoms with van der Waals surface area (Å²) >= 11 is 0. The van der Waals surface area contributed by atoms with E-state index in [9.17, 15) is 4.79 Å². The van der Waals surface area contributed by atoms with E-state index >= 15 is 0 Å². The molecule has 5 heteroatoms. The van der Waals surface area contributed by atoms with Crippen LogP contribution in [-0.4, -0.2) is 22.8 Å². The number of carboxylic acids is 1. The third-order valence-corrected chi connectivity index (χ3v) is 3.03. The topological polar surface area (TPSA) is 77.5 Å². The molecule has 3 N–H and O–H groups in total. The molecule has 0 saturated carbocycles. The average molecular weight is 248 g/mol. The molecule has 0 spiro atoms. The molecule has 1 atom stereocenters. The van der Waals surface area contributed by atoms with Crippen LogP contribution in [-0.2, 0) is 11.8 Å². The van der Waals surface area contributed by atoms with E-state index < -0.39 is 12.0 Å². The molecule has 2 rings (SSSR count). The van der Waals surface area contributed by atoms with E-state index in [1.165, 1.54) is 0 Å². The summed E-state index contributed by atoms with van der Waals surface area (Å²) < 4.78 is 7.25. The Morgan fingerprint density at radius 3 is 2.89 bits per heavy atom. The summed E-state index contributed by atoms with van der Waals surface area (Å²) in [5.74, 6) is -0.293. The highest BCUT2D eigenvalue weighted by Gasteiger charge is 2.17. The third-order valence-electron chi connectivity index (χ3n) is 3.03. The summed E-state index contributed by atoms with van der Waals surface area (Å²) in [5, 5.41) is 9.85. The summed E-state index contributed by atoms with van der Waals surface area (Å²) in [6.45, 7) is 0. The Bertz CT molecular complexity index is 589. The number of aryl methyl sites for hydroxylation is 1. The van der Waals surface area contributed by atoms with E-state index in [0.717, 1.165) is 10.9 Å². The van der Waals surface area contributed by atoms with Crippen molar-refractivity contribution < 1.29 is 14.6 Å². The SMILES string of the molecule is COc1cc2ccn(C)c2cc1C(N)CC(=O)O. The molecule has 1 aromatic carbocycles. The lowest BCUT2D eigenvalue weighted by Gasteiger charge is -2.14. The number of benzene rings is 1. The van der Waals surface area contributed by atoms with Gasteiger partial charge in [0.2, 0.25) is 0 Å². The van der Waals surface area contributed by atoms with Crippen molar-refractivity contribution in [2.75, 3.05) is 7.11 Å². The molecule has 0 saturated heterocycles. The maximum atomic E-state index is 10.7. The monoisotopic (exact) mass is 248 g/mol. The first-order chi connectivity index (χ1) is 8.52. The van der Waals surface area contributed by atoms with Crippen LogP contribution in [0.15, 0.2) is 24.4 Å². The van der Waals surface area contributed by atoms with Crippen LogP contribution in [0.4, 0.5) is 0 Å². The number of carbonyl (C=O) groups is 1. The van der Waals surface area contributed by atoms with Crippen molar-refractivity contribution in [3.8, 4) is 5.75 Å². The van der Waals surface area contributed by atoms with E-state index in [-0.39, 0.29) is 6.42 Å². The highest BCUT2D eigenvalue weighted by molar-refractivity contribution is 5.83. The van der Waals surface area contributed by atoms with Gasteiger partial charge in [0.05, 0.1) is 13.5 Å². The number of nitrogens with two attached hydrogens (primary N) is 1. The van der Waals surface area contributed by atoms with Gasteiger partial charge in [0, 0.05) is 35.8 Å². The molecule has 0 aliphatic heterocycles. The molecule has 0 fully saturated rings. The fraction of sp³-hybridized carbons (Fsp3) is 0.308. The maximum Gasteiger partial charge on any atom is 0.305 e. The van der Waals surface area contributed by atoms with Gasteiger partial charge in [-0.25, -0.2) is 0 Å². The molecule has 2 aromatic rings. The minimum absolute atomic E-state index is 0.119. The summed E-state index contributed by atoms with van der Waals surface area (Å²) in [6.07, 6.45) is 1.82. The minimum atomic E-state index is -0.920. The summed E-state index contributed by atoms with van der Waals surface area (Å²) in [5.41, 5.74) is 7.64. The Labute approximate surface area is 105 Å². The first-order valence-electron chi connectivity index (χ1n) is 5.63. The number of aliphatic carboxylic acids is 1. The molecular weight excluding hydrogens is 232 g/mol. The van der Waals surface area contributed by atoms with Gasteiger partial charge in [-0.2, -0.15) is 0 Å². The smallest absolute Gasteiger partial charge is 0.305 e. The van der Waals surface area contributed by atoms with Crippen molar-refractivity contribution in [2.24, 2.45) is 12.8 Å². The van der Waals surface area contributed by atoms with Crippen molar-refractivity contribution in [3.05, 3.63) is 30.0 Å². The van der Waals surface area contributed by atoms with Gasteiger partial charge in [-0.3, -0.25) is 4.79 Å². The average Bonchev–Trinajstić information content (AvgIpc) is 2.68. The molecule has 1 heterocycles. The van der Waals surface area contributed by atoms with Gasteiger partial charge >= 0.3 is 5.97 Å². The summed E-state index contributed by atoms with van der Waals surface area (Å²) in [6, 6.07) is 5.18. The quantitative estimate of drug-likeness (QED) is 0.862. The molecule has 96 valence electrons. The van der Waals surface area contributed by atoms with Crippen LogP contribution in [0.1, 0.15) is 18.0 Å². The molecule has 1 aromatic heterocycles. The number of fused-ring (bicyclic) bond motifs is 1. The zero-order valence-corrected chi connectivity index (χ0v) is 10.4.